The molecule has 3 rings (SSSR count). The van der Waals surface area contributed by atoms with Crippen LogP contribution in [0.5, 0.6) is 23.0 Å². The second kappa shape index (κ2) is 6.57. The van der Waals surface area contributed by atoms with Crippen LogP contribution in [0.15, 0.2) is 66.7 Å². The molecule has 0 aliphatic heterocycles. The van der Waals surface area contributed by atoms with Gasteiger partial charge in [-0.1, -0.05) is 35.9 Å². The number of hydrogen-bond donors (Lipinski definition) is 0. The van der Waals surface area contributed by atoms with Crippen LogP contribution in [-0.2, 0) is 0 Å². The van der Waals surface area contributed by atoms with Crippen molar-refractivity contribution in [2.24, 2.45) is 0 Å². The van der Waals surface area contributed by atoms with Gasteiger partial charge < -0.3 is 9.47 Å². The van der Waals surface area contributed by atoms with Gasteiger partial charge >= 0.3 is 0 Å². The van der Waals surface area contributed by atoms with E-state index in [1.807, 2.05) is 66.7 Å². The number of benzene rings is 3. The maximum atomic E-state index is 5.99. The van der Waals surface area contributed by atoms with Crippen LogP contribution in [0, 0.1) is 20.8 Å². The SMILES string of the molecule is Cc1ccc(Oc2ccc(Oc3ccccc3)c(C)c2C)cc1. The largest absolute Gasteiger partial charge is 0.457 e. The Bertz CT molecular complexity index is 790. The van der Waals surface area contributed by atoms with Gasteiger partial charge in [-0.3, -0.25) is 0 Å². The summed E-state index contributed by atoms with van der Waals surface area (Å²) < 4.78 is 11.9. The average Bonchev–Trinajstić information content (AvgIpc) is 2.57. The summed E-state index contributed by atoms with van der Waals surface area (Å²) in [7, 11) is 0. The lowest BCUT2D eigenvalue weighted by Crippen LogP contribution is -1.94. The number of ether oxygens (including phenoxy) is 2. The van der Waals surface area contributed by atoms with E-state index in [4.69, 9.17) is 9.47 Å². The predicted octanol–water partition coefficient (Wildman–Crippen LogP) is 6.20. The Hall–Kier alpha value is -2.74. The molecule has 23 heavy (non-hydrogen) atoms. The van der Waals surface area contributed by atoms with Gasteiger partial charge in [0.2, 0.25) is 0 Å². The van der Waals surface area contributed by atoms with E-state index in [9.17, 15) is 0 Å². The molecule has 0 amide bonds. The zero-order valence-corrected chi connectivity index (χ0v) is 13.7. The number of hydrogen-bond acceptors (Lipinski definition) is 2. The molecule has 2 heteroatoms. The summed E-state index contributed by atoms with van der Waals surface area (Å²) in [6, 6.07) is 21.8. The van der Waals surface area contributed by atoms with Gasteiger partial charge in [0, 0.05) is 0 Å². The first-order valence-corrected chi connectivity index (χ1v) is 7.71. The third-order valence-electron chi connectivity index (χ3n) is 3.91. The van der Waals surface area contributed by atoms with Gasteiger partial charge in [0.15, 0.2) is 0 Å². The summed E-state index contributed by atoms with van der Waals surface area (Å²) in [6.45, 7) is 6.17. The minimum absolute atomic E-state index is 0.835. The van der Waals surface area contributed by atoms with Crippen LogP contribution in [0.25, 0.3) is 0 Å². The molecule has 0 saturated carbocycles. The van der Waals surface area contributed by atoms with E-state index >= 15 is 0 Å². The molecular formula is C21H20O2. The second-order valence-corrected chi connectivity index (χ2v) is 5.64. The van der Waals surface area contributed by atoms with E-state index in [0.717, 1.165) is 34.1 Å². The van der Waals surface area contributed by atoms with E-state index < -0.39 is 0 Å². The van der Waals surface area contributed by atoms with Crippen molar-refractivity contribution >= 4 is 0 Å². The van der Waals surface area contributed by atoms with Crippen molar-refractivity contribution in [2.45, 2.75) is 20.8 Å². The molecule has 0 spiro atoms. The fourth-order valence-electron chi connectivity index (χ4n) is 2.34. The summed E-state index contributed by atoms with van der Waals surface area (Å²) in [4.78, 5) is 0. The first kappa shape index (κ1) is 15.2. The zero-order valence-electron chi connectivity index (χ0n) is 13.7. The number of para-hydroxylation sites is 1. The molecule has 0 fully saturated rings. The van der Waals surface area contributed by atoms with Crippen molar-refractivity contribution < 1.29 is 9.47 Å². The Kier molecular flexibility index (Phi) is 4.33. The van der Waals surface area contributed by atoms with Gasteiger partial charge in [-0.25, -0.2) is 0 Å². The summed E-state index contributed by atoms with van der Waals surface area (Å²) in [6.07, 6.45) is 0. The third-order valence-corrected chi connectivity index (χ3v) is 3.91. The number of rotatable bonds is 4. The Balaban J connectivity index is 1.84. The van der Waals surface area contributed by atoms with Crippen molar-refractivity contribution in [1.82, 2.24) is 0 Å². The summed E-state index contributed by atoms with van der Waals surface area (Å²) in [5.74, 6) is 3.38. The van der Waals surface area contributed by atoms with E-state index in [0.29, 0.717) is 0 Å². The predicted molar refractivity (Wildman–Crippen MR) is 93.7 cm³/mol. The van der Waals surface area contributed by atoms with Crippen LogP contribution >= 0.6 is 0 Å². The molecule has 0 bridgehead atoms. The smallest absolute Gasteiger partial charge is 0.130 e. The fraction of sp³-hybridized carbons (Fsp3) is 0.143. The monoisotopic (exact) mass is 304 g/mol. The third kappa shape index (κ3) is 3.54. The van der Waals surface area contributed by atoms with Gasteiger partial charge in [-0.15, -0.1) is 0 Å². The Morgan fingerprint density at radius 3 is 1.52 bits per heavy atom. The maximum Gasteiger partial charge on any atom is 0.130 e. The molecule has 2 nitrogen and oxygen atoms in total. The van der Waals surface area contributed by atoms with Crippen molar-refractivity contribution in [3.8, 4) is 23.0 Å². The molecule has 0 heterocycles. The highest BCUT2D eigenvalue weighted by molar-refractivity contribution is 5.50. The van der Waals surface area contributed by atoms with Gasteiger partial charge in [0.1, 0.15) is 23.0 Å². The summed E-state index contributed by atoms with van der Waals surface area (Å²) in [5.41, 5.74) is 3.38. The van der Waals surface area contributed by atoms with Gasteiger partial charge in [-0.05, 0) is 68.3 Å². The van der Waals surface area contributed by atoms with Crippen LogP contribution < -0.4 is 9.47 Å². The molecule has 116 valence electrons. The standard InChI is InChI=1S/C21H20O2/c1-15-9-11-19(12-10-15)23-21-14-13-20(16(2)17(21)3)22-18-7-5-4-6-8-18/h4-14H,1-3H3. The Morgan fingerprint density at radius 2 is 1.00 bits per heavy atom. The maximum absolute atomic E-state index is 5.99. The van der Waals surface area contributed by atoms with Crippen molar-refractivity contribution in [3.63, 3.8) is 0 Å². The first-order valence-electron chi connectivity index (χ1n) is 7.71. The minimum atomic E-state index is 0.835. The molecule has 0 atom stereocenters. The van der Waals surface area contributed by atoms with Crippen molar-refractivity contribution in [1.29, 1.82) is 0 Å². The van der Waals surface area contributed by atoms with E-state index in [1.54, 1.807) is 0 Å². The summed E-state index contributed by atoms with van der Waals surface area (Å²) in [5, 5.41) is 0. The molecular weight excluding hydrogens is 284 g/mol. The number of aryl methyl sites for hydroxylation is 1. The van der Waals surface area contributed by atoms with Crippen LogP contribution in [-0.4, -0.2) is 0 Å². The Labute approximate surface area is 137 Å². The van der Waals surface area contributed by atoms with Gasteiger partial charge in [0.25, 0.3) is 0 Å². The van der Waals surface area contributed by atoms with Crippen molar-refractivity contribution in [2.75, 3.05) is 0 Å². The van der Waals surface area contributed by atoms with E-state index in [2.05, 4.69) is 20.8 Å². The molecule has 3 aromatic rings. The van der Waals surface area contributed by atoms with Gasteiger partial charge in [0.05, 0.1) is 0 Å². The molecule has 0 unspecified atom stereocenters. The molecule has 0 aliphatic rings. The normalized spacial score (nSPS) is 10.4. The van der Waals surface area contributed by atoms with E-state index in [1.165, 1.54) is 5.56 Å². The molecule has 0 radical (unpaired) electrons. The van der Waals surface area contributed by atoms with Gasteiger partial charge in [-0.2, -0.15) is 0 Å². The lowest BCUT2D eigenvalue weighted by atomic mass is 10.1. The molecule has 0 aliphatic carbocycles. The Morgan fingerprint density at radius 1 is 0.522 bits per heavy atom. The zero-order chi connectivity index (χ0) is 16.2. The van der Waals surface area contributed by atoms with Crippen LogP contribution in [0.2, 0.25) is 0 Å². The van der Waals surface area contributed by atoms with Crippen molar-refractivity contribution in [3.05, 3.63) is 83.4 Å². The lowest BCUT2D eigenvalue weighted by molar-refractivity contribution is 0.463. The highest BCUT2D eigenvalue weighted by Gasteiger charge is 2.10. The quantitative estimate of drug-likeness (QED) is 0.571. The molecule has 0 saturated heterocycles. The minimum Gasteiger partial charge on any atom is -0.457 e. The second-order valence-electron chi connectivity index (χ2n) is 5.64. The lowest BCUT2D eigenvalue weighted by Gasteiger charge is -2.15. The fourth-order valence-corrected chi connectivity index (χ4v) is 2.34. The molecule has 0 N–H and O–H groups in total. The molecule has 0 aromatic heterocycles. The summed E-state index contributed by atoms with van der Waals surface area (Å²) >= 11 is 0. The first-order chi connectivity index (χ1) is 11.1. The topological polar surface area (TPSA) is 18.5 Å². The van der Waals surface area contributed by atoms with Crippen LogP contribution in [0.1, 0.15) is 16.7 Å². The van der Waals surface area contributed by atoms with Crippen LogP contribution in [0.4, 0.5) is 0 Å². The average molecular weight is 304 g/mol. The molecule has 3 aromatic carbocycles. The highest BCUT2D eigenvalue weighted by Crippen LogP contribution is 2.34. The van der Waals surface area contributed by atoms with E-state index in [-0.39, 0.29) is 0 Å². The highest BCUT2D eigenvalue weighted by atomic mass is 16.5. The van der Waals surface area contributed by atoms with Crippen LogP contribution in [0.3, 0.4) is 0 Å².